The zero-order valence-corrected chi connectivity index (χ0v) is 23.6. The minimum atomic E-state index is -0.603. The average molecular weight is 563 g/mol. The number of para-hydroxylation sites is 1. The minimum Gasteiger partial charge on any atom is -0.383 e. The maximum Gasteiger partial charge on any atom is 0.245 e. The smallest absolute Gasteiger partial charge is 0.245 e. The van der Waals surface area contributed by atoms with E-state index in [9.17, 15) is 9.59 Å². The Labute approximate surface area is 235 Å². The molecule has 2 heterocycles. The van der Waals surface area contributed by atoms with Gasteiger partial charge in [0.1, 0.15) is 6.04 Å². The van der Waals surface area contributed by atoms with Gasteiger partial charge in [0.25, 0.3) is 0 Å². The van der Waals surface area contributed by atoms with Gasteiger partial charge < -0.3 is 30.1 Å². The van der Waals surface area contributed by atoms with E-state index in [0.717, 1.165) is 25.2 Å². The van der Waals surface area contributed by atoms with Gasteiger partial charge in [-0.1, -0.05) is 47.5 Å². The molecule has 8 nitrogen and oxygen atoms in total. The Morgan fingerprint density at radius 1 is 1.08 bits per heavy atom. The molecule has 2 aromatic carbocycles. The first-order valence-corrected chi connectivity index (χ1v) is 13.9. The topological polar surface area (TPSA) is 77.2 Å². The number of carbonyl (C=O) groups is 2. The number of amides is 2. The monoisotopic (exact) mass is 561 g/mol. The lowest BCUT2D eigenvalue weighted by Crippen LogP contribution is -2.60. The molecule has 38 heavy (non-hydrogen) atoms. The Kier molecular flexibility index (Phi) is 10.3. The van der Waals surface area contributed by atoms with Crippen LogP contribution in [0.15, 0.2) is 42.5 Å². The highest BCUT2D eigenvalue weighted by Gasteiger charge is 2.36. The van der Waals surface area contributed by atoms with Gasteiger partial charge in [-0.3, -0.25) is 9.59 Å². The molecule has 2 saturated heterocycles. The molecule has 0 saturated carbocycles. The first-order valence-electron chi connectivity index (χ1n) is 13.2. The highest BCUT2D eigenvalue weighted by Crippen LogP contribution is 2.26. The second kappa shape index (κ2) is 13.6. The first kappa shape index (κ1) is 28.6. The van der Waals surface area contributed by atoms with E-state index < -0.39 is 6.04 Å². The van der Waals surface area contributed by atoms with Crippen molar-refractivity contribution in [3.05, 3.63) is 63.6 Å². The van der Waals surface area contributed by atoms with Crippen LogP contribution < -0.4 is 15.5 Å². The molecule has 2 aliphatic heterocycles. The van der Waals surface area contributed by atoms with Crippen molar-refractivity contribution in [2.24, 2.45) is 0 Å². The molecule has 206 valence electrons. The number of benzene rings is 2. The maximum atomic E-state index is 13.9. The zero-order valence-electron chi connectivity index (χ0n) is 22.1. The predicted octanol–water partition coefficient (Wildman–Crippen LogP) is 2.81. The first-order chi connectivity index (χ1) is 18.4. The molecule has 0 spiro atoms. The number of halogens is 2. The molecule has 0 aromatic heterocycles. The summed E-state index contributed by atoms with van der Waals surface area (Å²) in [5.74, 6) is -0.100. The SMILES string of the molecule is COC[C@@H](C)NCc1ccccc1N1CCN(C(=O)C(Cc2ccc(Cl)cc2Cl)N2CCNCC2=O)CC1. The van der Waals surface area contributed by atoms with Crippen LogP contribution in [0.3, 0.4) is 0 Å². The van der Waals surface area contributed by atoms with Crippen molar-refractivity contribution in [3.63, 3.8) is 0 Å². The molecule has 0 bridgehead atoms. The molecule has 0 radical (unpaired) electrons. The standard InChI is InChI=1S/C28H37Cl2N5O3/c1-20(19-38-2)32-17-22-5-3-4-6-25(22)33-11-13-34(14-12-33)28(37)26(35-10-9-31-18-27(35)36)15-21-7-8-23(29)16-24(21)30/h3-8,16,20,26,31-32H,9-15,17-19H2,1-2H3/t20-,26?/m1/s1. The quantitative estimate of drug-likeness (QED) is 0.464. The number of piperazine rings is 2. The van der Waals surface area contributed by atoms with E-state index in [4.69, 9.17) is 27.9 Å². The predicted molar refractivity (Wildman–Crippen MR) is 152 cm³/mol. The fraction of sp³-hybridized carbons (Fsp3) is 0.500. The van der Waals surface area contributed by atoms with Crippen LogP contribution in [0.2, 0.25) is 10.0 Å². The average Bonchev–Trinajstić information content (AvgIpc) is 2.92. The van der Waals surface area contributed by atoms with Crippen molar-refractivity contribution in [3.8, 4) is 0 Å². The molecule has 2 fully saturated rings. The summed E-state index contributed by atoms with van der Waals surface area (Å²) in [7, 11) is 1.71. The van der Waals surface area contributed by atoms with Gasteiger partial charge in [0.15, 0.2) is 0 Å². The van der Waals surface area contributed by atoms with Gasteiger partial charge in [-0.25, -0.2) is 0 Å². The van der Waals surface area contributed by atoms with Crippen LogP contribution in [0.1, 0.15) is 18.1 Å². The number of hydrogen-bond acceptors (Lipinski definition) is 6. The van der Waals surface area contributed by atoms with Crippen LogP contribution in [0.5, 0.6) is 0 Å². The summed E-state index contributed by atoms with van der Waals surface area (Å²) >= 11 is 12.5. The number of anilines is 1. The molecular weight excluding hydrogens is 525 g/mol. The highest BCUT2D eigenvalue weighted by atomic mass is 35.5. The fourth-order valence-corrected chi connectivity index (χ4v) is 5.60. The molecule has 2 aliphatic rings. The molecular formula is C28H37Cl2N5O3. The number of hydrogen-bond donors (Lipinski definition) is 2. The summed E-state index contributed by atoms with van der Waals surface area (Å²) in [5, 5.41) is 7.66. The normalized spacial score (nSPS) is 18.0. The molecule has 4 rings (SSSR count). The van der Waals surface area contributed by atoms with E-state index >= 15 is 0 Å². The number of nitrogens with one attached hydrogen (secondary N) is 2. The summed E-state index contributed by atoms with van der Waals surface area (Å²) < 4.78 is 5.24. The third kappa shape index (κ3) is 7.18. The second-order valence-electron chi connectivity index (χ2n) is 9.90. The van der Waals surface area contributed by atoms with Crippen LogP contribution in [0.4, 0.5) is 5.69 Å². The van der Waals surface area contributed by atoms with Gasteiger partial charge in [-0.05, 0) is 36.2 Å². The van der Waals surface area contributed by atoms with Crippen LogP contribution in [-0.4, -0.2) is 93.2 Å². The summed E-state index contributed by atoms with van der Waals surface area (Å²) in [5.41, 5.74) is 3.21. The number of carbonyl (C=O) groups excluding carboxylic acids is 2. The van der Waals surface area contributed by atoms with E-state index in [-0.39, 0.29) is 24.4 Å². The summed E-state index contributed by atoms with van der Waals surface area (Å²) in [4.78, 5) is 32.6. The van der Waals surface area contributed by atoms with E-state index in [1.54, 1.807) is 24.1 Å². The van der Waals surface area contributed by atoms with Crippen molar-refractivity contribution in [1.82, 2.24) is 20.4 Å². The summed E-state index contributed by atoms with van der Waals surface area (Å²) in [6.07, 6.45) is 0.356. The van der Waals surface area contributed by atoms with Gasteiger partial charge >= 0.3 is 0 Å². The molecule has 2 atom stereocenters. The van der Waals surface area contributed by atoms with Gasteiger partial charge in [0.05, 0.1) is 13.2 Å². The summed E-state index contributed by atoms with van der Waals surface area (Å²) in [6, 6.07) is 13.3. The number of nitrogens with zero attached hydrogens (tertiary/aromatic N) is 3. The molecule has 10 heteroatoms. The molecule has 1 unspecified atom stereocenters. The van der Waals surface area contributed by atoms with Crippen molar-refractivity contribution in [2.75, 3.05) is 64.4 Å². The Balaban J connectivity index is 1.45. The minimum absolute atomic E-state index is 0.0331. The lowest BCUT2D eigenvalue weighted by Gasteiger charge is -2.41. The lowest BCUT2D eigenvalue weighted by atomic mass is 10.0. The number of rotatable bonds is 10. The molecule has 2 N–H and O–H groups in total. The Hall–Kier alpha value is -2.36. The van der Waals surface area contributed by atoms with E-state index in [1.807, 2.05) is 11.0 Å². The van der Waals surface area contributed by atoms with Crippen LogP contribution in [-0.2, 0) is 27.3 Å². The van der Waals surface area contributed by atoms with Gasteiger partial charge in [-0.2, -0.15) is 0 Å². The lowest BCUT2D eigenvalue weighted by molar-refractivity contribution is -0.146. The Morgan fingerprint density at radius 3 is 2.55 bits per heavy atom. The molecule has 0 aliphatic carbocycles. The van der Waals surface area contributed by atoms with Gasteiger partial charge in [0.2, 0.25) is 11.8 Å². The number of methoxy groups -OCH3 is 1. The van der Waals surface area contributed by atoms with Crippen molar-refractivity contribution < 1.29 is 14.3 Å². The third-order valence-corrected chi connectivity index (χ3v) is 7.78. The fourth-order valence-electron chi connectivity index (χ4n) is 5.12. The van der Waals surface area contributed by atoms with E-state index in [2.05, 4.69) is 46.7 Å². The second-order valence-corrected chi connectivity index (χ2v) is 10.7. The van der Waals surface area contributed by atoms with Gasteiger partial charge in [-0.15, -0.1) is 0 Å². The number of ether oxygens (including phenoxy) is 1. The van der Waals surface area contributed by atoms with Crippen molar-refractivity contribution in [1.29, 1.82) is 0 Å². The summed E-state index contributed by atoms with van der Waals surface area (Å²) in [6.45, 7) is 7.51. The Bertz CT molecular complexity index is 1110. The van der Waals surface area contributed by atoms with E-state index in [0.29, 0.717) is 49.3 Å². The Morgan fingerprint density at radius 2 is 1.84 bits per heavy atom. The van der Waals surface area contributed by atoms with Crippen molar-refractivity contribution >= 4 is 40.7 Å². The highest BCUT2D eigenvalue weighted by molar-refractivity contribution is 6.35. The van der Waals surface area contributed by atoms with Gasteiger partial charge in [0, 0.05) is 81.1 Å². The maximum absolute atomic E-state index is 13.9. The van der Waals surface area contributed by atoms with E-state index in [1.165, 1.54) is 11.3 Å². The molecule has 2 aromatic rings. The van der Waals surface area contributed by atoms with Crippen LogP contribution in [0.25, 0.3) is 0 Å². The van der Waals surface area contributed by atoms with Crippen molar-refractivity contribution in [2.45, 2.75) is 32.0 Å². The van der Waals surface area contributed by atoms with Crippen LogP contribution in [0, 0.1) is 0 Å². The third-order valence-electron chi connectivity index (χ3n) is 7.20. The largest absolute Gasteiger partial charge is 0.383 e. The zero-order chi connectivity index (χ0) is 27.1. The van der Waals surface area contributed by atoms with Crippen LogP contribution >= 0.6 is 23.2 Å². The molecule has 2 amide bonds.